The maximum atomic E-state index is 10.7. The second-order valence-corrected chi connectivity index (χ2v) is 4.91. The second-order valence-electron chi connectivity index (χ2n) is 4.91. The first-order valence-corrected chi connectivity index (χ1v) is 6.79. The van der Waals surface area contributed by atoms with Crippen LogP contribution in [0.15, 0.2) is 18.3 Å². The van der Waals surface area contributed by atoms with E-state index < -0.39 is 6.10 Å². The van der Waals surface area contributed by atoms with Crippen LogP contribution >= 0.6 is 0 Å². The zero-order valence-corrected chi connectivity index (χ0v) is 12.4. The molecule has 0 aliphatic carbocycles. The minimum absolute atomic E-state index is 0.609. The Morgan fingerprint density at radius 1 is 1.30 bits per heavy atom. The Kier molecular flexibility index (Phi) is 4.39. The molecule has 5 heteroatoms. The van der Waals surface area contributed by atoms with Crippen molar-refractivity contribution in [3.05, 3.63) is 41.0 Å². The standard InChI is InChI=1S/C15H21N3O2/c1-5-6-18-14(13(20-4)9-16-18)15(19)12-7-10(2)17-11(3)8-12/h7-9,15,19H,5-6H2,1-4H3. The summed E-state index contributed by atoms with van der Waals surface area (Å²) in [6.45, 7) is 6.66. The monoisotopic (exact) mass is 275 g/mol. The van der Waals surface area contributed by atoms with Crippen molar-refractivity contribution in [2.75, 3.05) is 7.11 Å². The molecule has 108 valence electrons. The fourth-order valence-electron chi connectivity index (χ4n) is 2.38. The molecule has 0 spiro atoms. The zero-order chi connectivity index (χ0) is 14.7. The van der Waals surface area contributed by atoms with E-state index in [1.807, 2.05) is 26.0 Å². The van der Waals surface area contributed by atoms with E-state index in [1.165, 1.54) is 0 Å². The lowest BCUT2D eigenvalue weighted by molar-refractivity contribution is 0.201. The van der Waals surface area contributed by atoms with Crippen LogP contribution in [0.25, 0.3) is 0 Å². The predicted molar refractivity (Wildman–Crippen MR) is 76.8 cm³/mol. The van der Waals surface area contributed by atoms with Crippen molar-refractivity contribution in [2.45, 2.75) is 39.8 Å². The van der Waals surface area contributed by atoms with Crippen molar-refractivity contribution >= 4 is 0 Å². The number of rotatable bonds is 5. The lowest BCUT2D eigenvalue weighted by Gasteiger charge is -2.16. The molecule has 1 N–H and O–H groups in total. The average molecular weight is 275 g/mol. The normalized spacial score (nSPS) is 12.4. The molecule has 5 nitrogen and oxygen atoms in total. The SMILES string of the molecule is CCCn1ncc(OC)c1C(O)c1cc(C)nc(C)c1. The third-order valence-corrected chi connectivity index (χ3v) is 3.18. The highest BCUT2D eigenvalue weighted by molar-refractivity contribution is 5.35. The molecule has 2 heterocycles. The molecule has 1 atom stereocenters. The third kappa shape index (κ3) is 2.82. The molecule has 0 aliphatic heterocycles. The fraction of sp³-hybridized carbons (Fsp3) is 0.467. The Hall–Kier alpha value is -1.88. The van der Waals surface area contributed by atoms with Crippen LogP contribution in [0.4, 0.5) is 0 Å². The highest BCUT2D eigenvalue weighted by Gasteiger charge is 2.21. The van der Waals surface area contributed by atoms with Crippen molar-refractivity contribution in [3.8, 4) is 5.75 Å². The largest absolute Gasteiger partial charge is 0.493 e. The van der Waals surface area contributed by atoms with Crippen LogP contribution in [0, 0.1) is 13.8 Å². The van der Waals surface area contributed by atoms with Crippen molar-refractivity contribution in [1.82, 2.24) is 14.8 Å². The lowest BCUT2D eigenvalue weighted by Crippen LogP contribution is -2.12. The van der Waals surface area contributed by atoms with Crippen LogP contribution in [0.2, 0.25) is 0 Å². The third-order valence-electron chi connectivity index (χ3n) is 3.18. The quantitative estimate of drug-likeness (QED) is 0.910. The minimum atomic E-state index is -0.764. The maximum Gasteiger partial charge on any atom is 0.163 e. The number of methoxy groups -OCH3 is 1. The molecule has 1 unspecified atom stereocenters. The van der Waals surface area contributed by atoms with E-state index >= 15 is 0 Å². The van der Waals surface area contributed by atoms with E-state index in [2.05, 4.69) is 17.0 Å². The molecule has 0 fully saturated rings. The van der Waals surface area contributed by atoms with Gasteiger partial charge in [-0.25, -0.2) is 0 Å². The van der Waals surface area contributed by atoms with Gasteiger partial charge in [0, 0.05) is 17.9 Å². The number of aliphatic hydroxyl groups excluding tert-OH is 1. The van der Waals surface area contributed by atoms with Crippen molar-refractivity contribution in [3.63, 3.8) is 0 Å². The fourth-order valence-corrected chi connectivity index (χ4v) is 2.38. The number of aliphatic hydroxyl groups is 1. The van der Waals surface area contributed by atoms with E-state index in [1.54, 1.807) is 18.0 Å². The van der Waals surface area contributed by atoms with Crippen molar-refractivity contribution in [2.24, 2.45) is 0 Å². The molecule has 2 aromatic rings. The molecule has 0 saturated heterocycles. The summed E-state index contributed by atoms with van der Waals surface area (Å²) >= 11 is 0. The molecule has 0 aromatic carbocycles. The van der Waals surface area contributed by atoms with Crippen molar-refractivity contribution in [1.29, 1.82) is 0 Å². The summed E-state index contributed by atoms with van der Waals surface area (Å²) < 4.78 is 7.12. The molecule has 0 radical (unpaired) electrons. The number of aromatic nitrogens is 3. The van der Waals surface area contributed by atoms with E-state index in [4.69, 9.17) is 4.74 Å². The van der Waals surface area contributed by atoms with Gasteiger partial charge in [0.15, 0.2) is 5.75 Å². The molecule has 0 bridgehead atoms. The molecule has 20 heavy (non-hydrogen) atoms. The summed E-state index contributed by atoms with van der Waals surface area (Å²) in [5, 5.41) is 15.0. The van der Waals surface area contributed by atoms with Gasteiger partial charge in [0.1, 0.15) is 11.8 Å². The Balaban J connectivity index is 2.45. The molecule has 2 aromatic heterocycles. The van der Waals surface area contributed by atoms with Gasteiger partial charge in [0.2, 0.25) is 0 Å². The summed E-state index contributed by atoms with van der Waals surface area (Å²) in [4.78, 5) is 4.33. The van der Waals surface area contributed by atoms with Crippen molar-refractivity contribution < 1.29 is 9.84 Å². The maximum absolute atomic E-state index is 10.7. The number of nitrogens with zero attached hydrogens (tertiary/aromatic N) is 3. The van der Waals surface area contributed by atoms with Gasteiger partial charge < -0.3 is 9.84 Å². The summed E-state index contributed by atoms with van der Waals surface area (Å²) in [6, 6.07) is 3.78. The van der Waals surface area contributed by atoms with Crippen LogP contribution in [-0.4, -0.2) is 27.0 Å². The number of aryl methyl sites for hydroxylation is 3. The molecule has 0 aliphatic rings. The molecule has 0 amide bonds. The summed E-state index contributed by atoms with van der Waals surface area (Å²) in [6.07, 6.45) is 1.83. The van der Waals surface area contributed by atoms with Crippen LogP contribution < -0.4 is 4.74 Å². The molecular formula is C15H21N3O2. The highest BCUT2D eigenvalue weighted by Crippen LogP contribution is 2.30. The Bertz CT molecular complexity index is 573. The minimum Gasteiger partial charge on any atom is -0.493 e. The van der Waals surface area contributed by atoms with Gasteiger partial charge in [0.25, 0.3) is 0 Å². The first-order valence-electron chi connectivity index (χ1n) is 6.79. The van der Waals surface area contributed by atoms with Gasteiger partial charge in [0.05, 0.1) is 13.3 Å². The van der Waals surface area contributed by atoms with E-state index in [-0.39, 0.29) is 0 Å². The van der Waals surface area contributed by atoms with E-state index in [9.17, 15) is 5.11 Å². The number of pyridine rings is 1. The number of hydrogen-bond donors (Lipinski definition) is 1. The van der Waals surface area contributed by atoms with Gasteiger partial charge in [-0.2, -0.15) is 5.10 Å². The second kappa shape index (κ2) is 6.05. The number of hydrogen-bond acceptors (Lipinski definition) is 4. The predicted octanol–water partition coefficient (Wildman–Crippen LogP) is 2.40. The first kappa shape index (κ1) is 14.5. The first-order chi connectivity index (χ1) is 9.56. The number of ether oxygens (including phenoxy) is 1. The topological polar surface area (TPSA) is 60.2 Å². The van der Waals surface area contributed by atoms with Crippen LogP contribution in [0.5, 0.6) is 5.75 Å². The van der Waals surface area contributed by atoms with Crippen LogP contribution in [0.3, 0.4) is 0 Å². The summed E-state index contributed by atoms with van der Waals surface area (Å²) in [7, 11) is 1.59. The average Bonchev–Trinajstić information content (AvgIpc) is 2.80. The van der Waals surface area contributed by atoms with Crippen LogP contribution in [-0.2, 0) is 6.54 Å². The molecular weight excluding hydrogens is 254 g/mol. The molecule has 0 saturated carbocycles. The smallest absolute Gasteiger partial charge is 0.163 e. The van der Waals surface area contributed by atoms with E-state index in [0.29, 0.717) is 11.4 Å². The summed E-state index contributed by atoms with van der Waals surface area (Å²) in [5.41, 5.74) is 3.28. The Labute approximate surface area is 119 Å². The zero-order valence-electron chi connectivity index (χ0n) is 12.4. The lowest BCUT2D eigenvalue weighted by atomic mass is 10.1. The van der Waals surface area contributed by atoms with Gasteiger partial charge in [-0.3, -0.25) is 9.67 Å². The van der Waals surface area contributed by atoms with Gasteiger partial charge in [-0.15, -0.1) is 0 Å². The van der Waals surface area contributed by atoms with Gasteiger partial charge in [-0.05, 0) is 38.0 Å². The van der Waals surface area contributed by atoms with Gasteiger partial charge >= 0.3 is 0 Å². The Morgan fingerprint density at radius 2 is 1.95 bits per heavy atom. The van der Waals surface area contributed by atoms with Crippen LogP contribution in [0.1, 0.15) is 42.1 Å². The van der Waals surface area contributed by atoms with Gasteiger partial charge in [-0.1, -0.05) is 6.92 Å². The Morgan fingerprint density at radius 3 is 2.50 bits per heavy atom. The van der Waals surface area contributed by atoms with E-state index in [0.717, 1.165) is 29.9 Å². The molecule has 2 rings (SSSR count). The highest BCUT2D eigenvalue weighted by atomic mass is 16.5. The summed E-state index contributed by atoms with van der Waals surface area (Å²) in [5.74, 6) is 0.609.